The molecule has 1 atom stereocenters. The fraction of sp³-hybridized carbons (Fsp3) is 0.588. The molecule has 0 aromatic carbocycles. The molecular formula is C17H23N3O4S. The Morgan fingerprint density at radius 1 is 1.40 bits per heavy atom. The van der Waals surface area contributed by atoms with Crippen molar-refractivity contribution in [1.82, 2.24) is 15.3 Å². The van der Waals surface area contributed by atoms with E-state index in [1.807, 2.05) is 19.1 Å². The van der Waals surface area contributed by atoms with Crippen LogP contribution < -0.4 is 14.8 Å². The molecule has 0 radical (unpaired) electrons. The van der Waals surface area contributed by atoms with E-state index in [4.69, 9.17) is 14.2 Å². The number of pyridine rings is 1. The summed E-state index contributed by atoms with van der Waals surface area (Å²) in [5, 5.41) is 3.42. The number of hydrogen-bond donors (Lipinski definition) is 1. The summed E-state index contributed by atoms with van der Waals surface area (Å²) >= 11 is 1.40. The van der Waals surface area contributed by atoms with Crippen molar-refractivity contribution in [2.24, 2.45) is 5.92 Å². The molecular weight excluding hydrogens is 342 g/mol. The minimum Gasteiger partial charge on any atom is -0.477 e. The molecule has 2 aromatic heterocycles. The van der Waals surface area contributed by atoms with E-state index >= 15 is 0 Å². The van der Waals surface area contributed by atoms with Gasteiger partial charge < -0.3 is 19.5 Å². The van der Waals surface area contributed by atoms with Gasteiger partial charge in [-0.2, -0.15) is 0 Å². The number of aromatic nitrogens is 2. The van der Waals surface area contributed by atoms with E-state index in [1.54, 1.807) is 7.11 Å². The van der Waals surface area contributed by atoms with Crippen molar-refractivity contribution in [2.75, 3.05) is 20.3 Å². The third-order valence-electron chi connectivity index (χ3n) is 4.08. The van der Waals surface area contributed by atoms with Crippen LogP contribution >= 0.6 is 11.3 Å². The summed E-state index contributed by atoms with van der Waals surface area (Å²) in [5.74, 6) is 1.07. The zero-order valence-corrected chi connectivity index (χ0v) is 15.5. The van der Waals surface area contributed by atoms with Crippen LogP contribution in [0.25, 0.3) is 10.3 Å². The van der Waals surface area contributed by atoms with Crippen LogP contribution in [0.2, 0.25) is 0 Å². The summed E-state index contributed by atoms with van der Waals surface area (Å²) < 4.78 is 16.7. The Bertz CT molecular complexity index is 730. The minimum absolute atomic E-state index is 0.0287. The molecule has 1 aliphatic carbocycles. The number of nitrogens with zero attached hydrogens (tertiary/aromatic N) is 2. The molecule has 136 valence electrons. The Kier molecular flexibility index (Phi) is 5.70. The molecule has 0 spiro atoms. The quantitative estimate of drug-likeness (QED) is 0.773. The predicted molar refractivity (Wildman–Crippen MR) is 95.2 cm³/mol. The second-order valence-electron chi connectivity index (χ2n) is 6.36. The number of carbonyl (C=O) groups excluding carboxylic acids is 1. The number of methoxy groups -OCH3 is 1. The highest BCUT2D eigenvalue weighted by atomic mass is 32.1. The van der Waals surface area contributed by atoms with E-state index < -0.39 is 0 Å². The molecule has 2 heterocycles. The Hall–Kier alpha value is -1.93. The predicted octanol–water partition coefficient (Wildman–Crippen LogP) is 2.40. The first-order chi connectivity index (χ1) is 12.0. The van der Waals surface area contributed by atoms with Crippen LogP contribution in [-0.4, -0.2) is 48.3 Å². The van der Waals surface area contributed by atoms with Crippen molar-refractivity contribution in [3.63, 3.8) is 0 Å². The van der Waals surface area contributed by atoms with Crippen LogP contribution in [-0.2, 0) is 9.53 Å². The topological polar surface area (TPSA) is 82.6 Å². The maximum atomic E-state index is 11.0. The smallest absolute Gasteiger partial charge is 0.275 e. The van der Waals surface area contributed by atoms with E-state index in [0.29, 0.717) is 30.2 Å². The average Bonchev–Trinajstić information content (AvgIpc) is 2.94. The molecule has 0 bridgehead atoms. The summed E-state index contributed by atoms with van der Waals surface area (Å²) in [6.07, 6.45) is 2.21. The van der Waals surface area contributed by atoms with Crippen LogP contribution in [0.15, 0.2) is 12.1 Å². The molecule has 8 heteroatoms. The fourth-order valence-corrected chi connectivity index (χ4v) is 3.51. The SMILES string of the molecule is COc1nc2ccc(OCC3CC(OC[C@H](C)NC(C)=O)C3)nc2s1. The van der Waals surface area contributed by atoms with E-state index in [-0.39, 0.29) is 18.1 Å². The Morgan fingerprint density at radius 2 is 2.20 bits per heavy atom. The number of fused-ring (bicyclic) bond motifs is 1. The van der Waals surface area contributed by atoms with Gasteiger partial charge in [-0.15, -0.1) is 0 Å². The Balaban J connectivity index is 1.38. The summed E-state index contributed by atoms with van der Waals surface area (Å²) in [7, 11) is 1.60. The summed E-state index contributed by atoms with van der Waals surface area (Å²) in [5.41, 5.74) is 0.819. The van der Waals surface area contributed by atoms with Gasteiger partial charge in [0.05, 0.1) is 26.4 Å². The number of nitrogens with one attached hydrogen (secondary N) is 1. The van der Waals surface area contributed by atoms with Gasteiger partial charge in [0.2, 0.25) is 11.8 Å². The number of amides is 1. The van der Waals surface area contributed by atoms with Gasteiger partial charge in [-0.3, -0.25) is 4.79 Å². The van der Waals surface area contributed by atoms with Gasteiger partial charge >= 0.3 is 0 Å². The third-order valence-corrected chi connectivity index (χ3v) is 5.00. The largest absolute Gasteiger partial charge is 0.477 e. The summed E-state index contributed by atoms with van der Waals surface area (Å²) in [6.45, 7) is 4.64. The monoisotopic (exact) mass is 365 g/mol. The number of hydrogen-bond acceptors (Lipinski definition) is 7. The highest BCUT2D eigenvalue weighted by Crippen LogP contribution is 2.31. The molecule has 0 saturated heterocycles. The molecule has 3 rings (SSSR count). The first-order valence-electron chi connectivity index (χ1n) is 8.36. The van der Waals surface area contributed by atoms with Gasteiger partial charge in [-0.25, -0.2) is 9.97 Å². The van der Waals surface area contributed by atoms with Crippen LogP contribution in [0.4, 0.5) is 0 Å². The Labute approximate surface area is 150 Å². The minimum atomic E-state index is -0.0287. The lowest BCUT2D eigenvalue weighted by Gasteiger charge is -2.35. The second-order valence-corrected chi connectivity index (χ2v) is 7.30. The molecule has 1 aliphatic rings. The van der Waals surface area contributed by atoms with E-state index in [9.17, 15) is 4.79 Å². The molecule has 25 heavy (non-hydrogen) atoms. The molecule has 2 aromatic rings. The highest BCUT2D eigenvalue weighted by molar-refractivity contribution is 7.19. The first kappa shape index (κ1) is 17.9. The van der Waals surface area contributed by atoms with Crippen molar-refractivity contribution < 1.29 is 19.0 Å². The first-order valence-corrected chi connectivity index (χ1v) is 9.18. The highest BCUT2D eigenvalue weighted by Gasteiger charge is 2.30. The van der Waals surface area contributed by atoms with Crippen molar-refractivity contribution in [2.45, 2.75) is 38.8 Å². The maximum absolute atomic E-state index is 11.0. The fourth-order valence-electron chi connectivity index (χ4n) is 2.77. The van der Waals surface area contributed by atoms with Crippen LogP contribution in [0.3, 0.4) is 0 Å². The van der Waals surface area contributed by atoms with E-state index in [0.717, 1.165) is 23.2 Å². The maximum Gasteiger partial charge on any atom is 0.275 e. The average molecular weight is 365 g/mol. The lowest BCUT2D eigenvalue weighted by atomic mass is 9.83. The number of ether oxygens (including phenoxy) is 3. The molecule has 1 N–H and O–H groups in total. The van der Waals surface area contributed by atoms with Crippen molar-refractivity contribution in [1.29, 1.82) is 0 Å². The van der Waals surface area contributed by atoms with Crippen LogP contribution in [0.1, 0.15) is 26.7 Å². The molecule has 1 fully saturated rings. The van der Waals surface area contributed by atoms with Crippen molar-refractivity contribution >= 4 is 27.6 Å². The summed E-state index contributed by atoms with van der Waals surface area (Å²) in [4.78, 5) is 20.5. The lowest BCUT2D eigenvalue weighted by Crippen LogP contribution is -2.40. The lowest BCUT2D eigenvalue weighted by molar-refractivity contribution is -0.120. The Morgan fingerprint density at radius 3 is 2.92 bits per heavy atom. The van der Waals surface area contributed by atoms with Gasteiger partial charge in [0.25, 0.3) is 5.19 Å². The molecule has 7 nitrogen and oxygen atoms in total. The normalized spacial score (nSPS) is 20.8. The van der Waals surface area contributed by atoms with Gasteiger partial charge in [0, 0.05) is 19.0 Å². The van der Waals surface area contributed by atoms with E-state index in [2.05, 4.69) is 15.3 Å². The second kappa shape index (κ2) is 7.97. The van der Waals surface area contributed by atoms with Crippen LogP contribution in [0, 0.1) is 5.92 Å². The molecule has 0 unspecified atom stereocenters. The van der Waals surface area contributed by atoms with Gasteiger partial charge in [-0.05, 0) is 31.7 Å². The molecule has 0 aliphatic heterocycles. The van der Waals surface area contributed by atoms with Crippen molar-refractivity contribution in [3.05, 3.63) is 12.1 Å². The van der Waals surface area contributed by atoms with Gasteiger partial charge in [-0.1, -0.05) is 11.3 Å². The number of carbonyl (C=O) groups is 1. The standard InChI is InChI=1S/C17H23N3O4S/c1-10(18-11(2)21)8-23-13-6-12(7-13)9-24-15-5-4-14-16(20-15)25-17(19-14)22-3/h4-5,10,12-13H,6-9H2,1-3H3,(H,18,21)/t10-,12?,13?/m0/s1. The van der Waals surface area contributed by atoms with Crippen LogP contribution in [0.5, 0.6) is 11.1 Å². The number of thiazole rings is 1. The van der Waals surface area contributed by atoms with E-state index in [1.165, 1.54) is 18.3 Å². The molecule has 1 saturated carbocycles. The van der Waals surface area contributed by atoms with Crippen molar-refractivity contribution in [3.8, 4) is 11.1 Å². The summed E-state index contributed by atoms with van der Waals surface area (Å²) in [6, 6.07) is 3.77. The zero-order valence-electron chi connectivity index (χ0n) is 14.7. The zero-order chi connectivity index (χ0) is 17.8. The van der Waals surface area contributed by atoms with Gasteiger partial charge in [0.1, 0.15) is 5.52 Å². The third kappa shape index (κ3) is 4.79. The van der Waals surface area contributed by atoms with Gasteiger partial charge in [0.15, 0.2) is 4.83 Å². The number of rotatable bonds is 8. The molecule has 1 amide bonds.